The molecule has 0 atom stereocenters. The van der Waals surface area contributed by atoms with Gasteiger partial charge in [0, 0.05) is 23.3 Å². The number of para-hydroxylation sites is 1. The van der Waals surface area contributed by atoms with E-state index >= 15 is 0 Å². The van der Waals surface area contributed by atoms with Crippen molar-refractivity contribution in [1.82, 2.24) is 9.97 Å². The summed E-state index contributed by atoms with van der Waals surface area (Å²) >= 11 is 0. The Morgan fingerprint density at radius 3 is 2.46 bits per heavy atom. The number of fused-ring (bicyclic) bond motifs is 1. The number of amides is 1. The van der Waals surface area contributed by atoms with Crippen molar-refractivity contribution in [3.8, 4) is 0 Å². The fourth-order valence-corrected chi connectivity index (χ4v) is 2.73. The quantitative estimate of drug-likeness (QED) is 0.531. The second kappa shape index (κ2) is 7.40. The Hall–Kier alpha value is -3.87. The molecule has 0 aliphatic rings. The average Bonchev–Trinajstić information content (AvgIpc) is 2.71. The average molecular weight is 376 g/mol. The van der Waals surface area contributed by atoms with Gasteiger partial charge >= 0.3 is 0 Å². The minimum Gasteiger partial charge on any atom is -0.354 e. The zero-order chi connectivity index (χ0) is 19.5. The van der Waals surface area contributed by atoms with Gasteiger partial charge in [0.15, 0.2) is 11.6 Å². The Morgan fingerprint density at radius 1 is 0.857 bits per heavy atom. The van der Waals surface area contributed by atoms with E-state index in [0.717, 1.165) is 17.5 Å². The van der Waals surface area contributed by atoms with Crippen molar-refractivity contribution in [2.45, 2.75) is 0 Å². The second-order valence-corrected chi connectivity index (χ2v) is 6.02. The number of aromatic nitrogens is 2. The second-order valence-electron chi connectivity index (χ2n) is 6.02. The highest BCUT2D eigenvalue weighted by Gasteiger charge is 2.11. The van der Waals surface area contributed by atoms with Gasteiger partial charge in [0.2, 0.25) is 0 Å². The SMILES string of the molecule is O=C(Nc1cccc2cccnc12)c1ccc(Nc2ccc(F)c(F)c2)cn1. The largest absolute Gasteiger partial charge is 0.354 e. The topological polar surface area (TPSA) is 66.9 Å². The van der Waals surface area contributed by atoms with Gasteiger partial charge in [-0.05, 0) is 36.4 Å². The predicted molar refractivity (Wildman–Crippen MR) is 104 cm³/mol. The number of hydrogen-bond donors (Lipinski definition) is 2. The third-order valence-corrected chi connectivity index (χ3v) is 4.09. The summed E-state index contributed by atoms with van der Waals surface area (Å²) in [5.41, 5.74) is 2.40. The number of nitrogens with zero attached hydrogens (tertiary/aromatic N) is 2. The molecule has 2 heterocycles. The van der Waals surface area contributed by atoms with Crippen LogP contribution in [0.3, 0.4) is 0 Å². The van der Waals surface area contributed by atoms with Crippen LogP contribution in [0.4, 0.5) is 25.8 Å². The molecule has 0 radical (unpaired) electrons. The molecular formula is C21H14F2N4O. The van der Waals surface area contributed by atoms with E-state index < -0.39 is 11.6 Å². The summed E-state index contributed by atoms with van der Waals surface area (Å²) < 4.78 is 26.3. The van der Waals surface area contributed by atoms with E-state index in [4.69, 9.17) is 0 Å². The van der Waals surface area contributed by atoms with Gasteiger partial charge in [-0.25, -0.2) is 13.8 Å². The maximum atomic E-state index is 13.3. The Bertz CT molecular complexity index is 1160. The fraction of sp³-hybridized carbons (Fsp3) is 0. The maximum Gasteiger partial charge on any atom is 0.274 e. The van der Waals surface area contributed by atoms with Crippen LogP contribution in [0, 0.1) is 11.6 Å². The lowest BCUT2D eigenvalue weighted by molar-refractivity contribution is 0.102. The number of carbonyl (C=O) groups excluding carboxylic acids is 1. The first-order valence-corrected chi connectivity index (χ1v) is 8.43. The summed E-state index contributed by atoms with van der Waals surface area (Å²) in [4.78, 5) is 20.9. The van der Waals surface area contributed by atoms with Crippen LogP contribution in [-0.2, 0) is 0 Å². The molecule has 4 aromatic rings. The summed E-state index contributed by atoms with van der Waals surface area (Å²) in [5.74, 6) is -2.24. The first-order chi connectivity index (χ1) is 13.6. The number of halogens is 2. The van der Waals surface area contributed by atoms with Crippen LogP contribution in [0.25, 0.3) is 10.9 Å². The molecule has 0 aliphatic heterocycles. The van der Waals surface area contributed by atoms with Crippen molar-refractivity contribution < 1.29 is 13.6 Å². The summed E-state index contributed by atoms with van der Waals surface area (Å²) in [7, 11) is 0. The molecule has 0 unspecified atom stereocenters. The number of hydrogen-bond acceptors (Lipinski definition) is 4. The molecule has 2 aromatic carbocycles. The molecule has 0 fully saturated rings. The summed E-state index contributed by atoms with van der Waals surface area (Å²) in [5, 5.41) is 6.63. The molecule has 138 valence electrons. The molecule has 0 saturated carbocycles. The molecule has 0 aliphatic carbocycles. The molecule has 2 N–H and O–H groups in total. The molecule has 2 aromatic heterocycles. The van der Waals surface area contributed by atoms with E-state index in [1.165, 1.54) is 18.3 Å². The van der Waals surface area contributed by atoms with Crippen LogP contribution in [-0.4, -0.2) is 15.9 Å². The van der Waals surface area contributed by atoms with Gasteiger partial charge in [0.25, 0.3) is 5.91 Å². The summed E-state index contributed by atoms with van der Waals surface area (Å²) in [6.45, 7) is 0. The van der Waals surface area contributed by atoms with Crippen molar-refractivity contribution in [3.05, 3.63) is 90.4 Å². The lowest BCUT2D eigenvalue weighted by Gasteiger charge is -2.09. The third-order valence-electron chi connectivity index (χ3n) is 4.09. The summed E-state index contributed by atoms with van der Waals surface area (Å²) in [6, 6.07) is 15.9. The molecule has 28 heavy (non-hydrogen) atoms. The predicted octanol–water partition coefficient (Wildman–Crippen LogP) is 4.90. The molecule has 1 amide bonds. The number of anilines is 3. The third kappa shape index (κ3) is 3.64. The molecule has 0 spiro atoms. The number of rotatable bonds is 4. The van der Waals surface area contributed by atoms with Gasteiger partial charge in [-0.1, -0.05) is 18.2 Å². The highest BCUT2D eigenvalue weighted by atomic mass is 19.2. The standard InChI is InChI=1S/C21H14F2N4O/c22-16-8-6-14(11-17(16)23)26-15-7-9-19(25-12-15)21(28)27-18-5-1-3-13-4-2-10-24-20(13)18/h1-12,26H,(H,27,28). The minimum absolute atomic E-state index is 0.212. The number of pyridine rings is 2. The first kappa shape index (κ1) is 17.5. The monoisotopic (exact) mass is 376 g/mol. The van der Waals surface area contributed by atoms with Gasteiger partial charge in [0.05, 0.1) is 23.1 Å². The van der Waals surface area contributed by atoms with Crippen molar-refractivity contribution in [2.24, 2.45) is 0 Å². The van der Waals surface area contributed by atoms with Crippen LogP contribution in [0.2, 0.25) is 0 Å². The molecule has 0 saturated heterocycles. The fourth-order valence-electron chi connectivity index (χ4n) is 2.73. The highest BCUT2D eigenvalue weighted by molar-refractivity contribution is 6.07. The van der Waals surface area contributed by atoms with Gasteiger partial charge in [-0.2, -0.15) is 0 Å². The van der Waals surface area contributed by atoms with E-state index in [-0.39, 0.29) is 11.6 Å². The van der Waals surface area contributed by atoms with Gasteiger partial charge < -0.3 is 10.6 Å². The summed E-state index contributed by atoms with van der Waals surface area (Å²) in [6.07, 6.45) is 3.10. The van der Waals surface area contributed by atoms with Crippen molar-refractivity contribution in [2.75, 3.05) is 10.6 Å². The van der Waals surface area contributed by atoms with Crippen LogP contribution >= 0.6 is 0 Å². The number of nitrogens with one attached hydrogen (secondary N) is 2. The molecule has 7 heteroatoms. The van der Waals surface area contributed by atoms with E-state index in [9.17, 15) is 13.6 Å². The van der Waals surface area contributed by atoms with Gasteiger partial charge in [-0.15, -0.1) is 0 Å². The Kier molecular flexibility index (Phi) is 4.63. The van der Waals surface area contributed by atoms with Crippen LogP contribution in [0.15, 0.2) is 73.1 Å². The lowest BCUT2D eigenvalue weighted by Crippen LogP contribution is -2.14. The Labute approximate surface area is 159 Å². The van der Waals surface area contributed by atoms with Gasteiger partial charge in [0.1, 0.15) is 5.69 Å². The van der Waals surface area contributed by atoms with E-state index in [1.54, 1.807) is 18.3 Å². The van der Waals surface area contributed by atoms with Crippen LogP contribution < -0.4 is 10.6 Å². The van der Waals surface area contributed by atoms with Crippen molar-refractivity contribution in [1.29, 1.82) is 0 Å². The van der Waals surface area contributed by atoms with E-state index in [2.05, 4.69) is 20.6 Å². The van der Waals surface area contributed by atoms with Crippen LogP contribution in [0.5, 0.6) is 0 Å². The minimum atomic E-state index is -0.947. The normalized spacial score (nSPS) is 10.6. The number of benzene rings is 2. The molecule has 0 bridgehead atoms. The van der Waals surface area contributed by atoms with E-state index in [1.807, 2.05) is 24.3 Å². The Balaban J connectivity index is 1.50. The zero-order valence-corrected chi connectivity index (χ0v) is 14.5. The van der Waals surface area contributed by atoms with E-state index in [0.29, 0.717) is 22.6 Å². The molecule has 5 nitrogen and oxygen atoms in total. The molecular weight excluding hydrogens is 362 g/mol. The molecule has 4 rings (SSSR count). The van der Waals surface area contributed by atoms with Crippen molar-refractivity contribution >= 4 is 33.9 Å². The zero-order valence-electron chi connectivity index (χ0n) is 14.5. The van der Waals surface area contributed by atoms with Gasteiger partial charge in [-0.3, -0.25) is 9.78 Å². The highest BCUT2D eigenvalue weighted by Crippen LogP contribution is 2.22. The lowest BCUT2D eigenvalue weighted by atomic mass is 10.2. The maximum absolute atomic E-state index is 13.3. The smallest absolute Gasteiger partial charge is 0.274 e. The van der Waals surface area contributed by atoms with Crippen molar-refractivity contribution in [3.63, 3.8) is 0 Å². The number of carbonyl (C=O) groups is 1. The Morgan fingerprint density at radius 2 is 1.68 bits per heavy atom. The van der Waals surface area contributed by atoms with Crippen LogP contribution in [0.1, 0.15) is 10.5 Å². The first-order valence-electron chi connectivity index (χ1n) is 8.43.